The van der Waals surface area contributed by atoms with E-state index in [2.05, 4.69) is 41.2 Å². The highest BCUT2D eigenvalue weighted by atomic mass is 16.5. The molecular weight excluding hydrogens is 648 g/mol. The highest BCUT2D eigenvalue weighted by Gasteiger charge is 2.34. The standard InChI is InChI=1S/C37H50N10O4/c1-3-48-12-13-50-36-34(21-47(45-36)33-10-8-32(9-11-33)46-19-27-4-5-28(20-46)23-49-22-27)44-37-42-17-31(18-43-37)29-6-7-30(15-38)35(14-29)51-26(2)16-40-25-41-24-39/h6-7,14,17-18,21,24-28,32-33H,3-5,8-13,16,19-20,22-23H2,1-2H3,(H2,39,40,41)(H,42,43,44)/t26-,27?,28?,32-,33-/m0/s1. The van der Waals surface area contributed by atoms with Gasteiger partial charge in [0.1, 0.15) is 36.6 Å². The maximum absolute atomic E-state index is 9.65. The molecule has 2 aromatic heterocycles. The zero-order chi connectivity index (χ0) is 35.4. The molecule has 14 heteroatoms. The zero-order valence-corrected chi connectivity index (χ0v) is 29.7. The third-order valence-electron chi connectivity index (χ3n) is 9.91. The number of hydrogen-bond donors (Lipinski definition) is 3. The second kappa shape index (κ2) is 18.1. The first kappa shape index (κ1) is 36.2. The maximum atomic E-state index is 9.65. The van der Waals surface area contributed by atoms with E-state index in [-0.39, 0.29) is 6.10 Å². The van der Waals surface area contributed by atoms with Crippen LogP contribution in [-0.2, 0) is 9.47 Å². The Kier molecular flexibility index (Phi) is 12.8. The molecule has 3 fully saturated rings. The van der Waals surface area contributed by atoms with Crippen LogP contribution in [0.2, 0.25) is 0 Å². The van der Waals surface area contributed by atoms with Gasteiger partial charge in [0.15, 0.2) is 0 Å². The van der Waals surface area contributed by atoms with Crippen molar-refractivity contribution in [2.45, 2.75) is 70.6 Å². The third kappa shape index (κ3) is 9.81. The Bertz CT molecular complexity index is 1620. The van der Waals surface area contributed by atoms with E-state index in [0.717, 1.165) is 56.4 Å². The molecule has 1 saturated carbocycles. The van der Waals surface area contributed by atoms with Crippen molar-refractivity contribution >= 4 is 24.3 Å². The molecule has 3 N–H and O–H groups in total. The Hall–Kier alpha value is -4.58. The van der Waals surface area contributed by atoms with Gasteiger partial charge in [-0.25, -0.2) is 15.0 Å². The Morgan fingerprint density at radius 3 is 2.51 bits per heavy atom. The maximum Gasteiger partial charge on any atom is 0.257 e. The predicted molar refractivity (Wildman–Crippen MR) is 195 cm³/mol. The quantitative estimate of drug-likeness (QED) is 0.102. The second-order valence-electron chi connectivity index (χ2n) is 13.6. The second-order valence-corrected chi connectivity index (χ2v) is 13.6. The number of nitrogens with one attached hydrogen (secondary N) is 3. The lowest BCUT2D eigenvalue weighted by atomic mass is 9.89. The number of nitrogens with zero attached hydrogens (tertiary/aromatic N) is 7. The van der Waals surface area contributed by atoms with Crippen LogP contribution in [0, 0.1) is 28.6 Å². The first-order valence-corrected chi connectivity index (χ1v) is 18.2. The number of rotatable bonds is 16. The van der Waals surface area contributed by atoms with Crippen LogP contribution >= 0.6 is 0 Å². The lowest BCUT2D eigenvalue weighted by molar-refractivity contribution is 0.0223. The van der Waals surface area contributed by atoms with E-state index in [1.54, 1.807) is 18.5 Å². The van der Waals surface area contributed by atoms with E-state index in [1.165, 1.54) is 32.3 Å². The number of benzene rings is 1. The minimum absolute atomic E-state index is 0.247. The molecule has 2 aliphatic heterocycles. The highest BCUT2D eigenvalue weighted by molar-refractivity contribution is 5.69. The van der Waals surface area contributed by atoms with Gasteiger partial charge in [-0.2, -0.15) is 5.26 Å². The summed E-state index contributed by atoms with van der Waals surface area (Å²) in [7, 11) is 0. The molecule has 1 aromatic carbocycles. The van der Waals surface area contributed by atoms with Gasteiger partial charge in [-0.3, -0.25) is 15.0 Å². The van der Waals surface area contributed by atoms with E-state index >= 15 is 0 Å². The Labute approximate surface area is 300 Å². The molecule has 2 bridgehead atoms. The number of ether oxygens (including phenoxy) is 4. The van der Waals surface area contributed by atoms with Crippen LogP contribution in [0.4, 0.5) is 11.6 Å². The number of hydrogen-bond acceptors (Lipinski definition) is 11. The highest BCUT2D eigenvalue weighted by Crippen LogP contribution is 2.37. The van der Waals surface area contributed by atoms with Crippen molar-refractivity contribution in [1.82, 2.24) is 30.0 Å². The number of aromatic nitrogens is 4. The van der Waals surface area contributed by atoms with Crippen molar-refractivity contribution in [1.29, 1.82) is 10.7 Å². The van der Waals surface area contributed by atoms with Crippen LogP contribution in [0.1, 0.15) is 64.0 Å². The lowest BCUT2D eigenvalue weighted by Gasteiger charge is -2.39. The summed E-state index contributed by atoms with van der Waals surface area (Å²) < 4.78 is 25.7. The van der Waals surface area contributed by atoms with Crippen molar-refractivity contribution in [2.75, 3.05) is 58.0 Å². The molecule has 51 heavy (non-hydrogen) atoms. The minimum atomic E-state index is -0.247. The normalized spacial score (nSPS) is 22.8. The van der Waals surface area contributed by atoms with Crippen molar-refractivity contribution < 1.29 is 18.9 Å². The van der Waals surface area contributed by atoms with Crippen LogP contribution in [0.15, 0.2) is 41.8 Å². The average Bonchev–Trinajstić information content (AvgIpc) is 3.27. The zero-order valence-electron chi connectivity index (χ0n) is 29.7. The molecule has 3 atom stereocenters. The van der Waals surface area contributed by atoms with E-state index in [0.29, 0.717) is 79.1 Å². The molecule has 1 aliphatic carbocycles. The van der Waals surface area contributed by atoms with Gasteiger partial charge in [-0.05, 0) is 81.9 Å². The molecule has 0 radical (unpaired) electrons. The van der Waals surface area contributed by atoms with Gasteiger partial charge >= 0.3 is 0 Å². The van der Waals surface area contributed by atoms with Gasteiger partial charge in [0.2, 0.25) is 5.95 Å². The van der Waals surface area contributed by atoms with Crippen molar-refractivity contribution in [3.63, 3.8) is 0 Å². The molecule has 4 heterocycles. The molecule has 2 unspecified atom stereocenters. The fourth-order valence-corrected chi connectivity index (χ4v) is 7.27. The fourth-order valence-electron chi connectivity index (χ4n) is 7.27. The van der Waals surface area contributed by atoms with Gasteiger partial charge < -0.3 is 29.6 Å². The molecule has 6 rings (SSSR count). The summed E-state index contributed by atoms with van der Waals surface area (Å²) in [6.45, 7) is 9.97. The van der Waals surface area contributed by atoms with Gasteiger partial charge in [0.25, 0.3) is 5.88 Å². The van der Waals surface area contributed by atoms with Crippen molar-refractivity contribution in [3.8, 4) is 28.8 Å². The molecule has 14 nitrogen and oxygen atoms in total. The first-order chi connectivity index (χ1) is 25.0. The third-order valence-corrected chi connectivity index (χ3v) is 9.91. The summed E-state index contributed by atoms with van der Waals surface area (Å²) in [5.74, 6) is 2.73. The monoisotopic (exact) mass is 698 g/mol. The smallest absolute Gasteiger partial charge is 0.257 e. The van der Waals surface area contributed by atoms with Gasteiger partial charge in [0, 0.05) is 43.7 Å². The van der Waals surface area contributed by atoms with Crippen molar-refractivity contribution in [2.24, 2.45) is 16.8 Å². The van der Waals surface area contributed by atoms with Crippen molar-refractivity contribution in [3.05, 3.63) is 42.4 Å². The number of likely N-dealkylation sites (tertiary alicyclic amines) is 1. The van der Waals surface area contributed by atoms with Crippen LogP contribution < -0.4 is 20.1 Å². The average molecular weight is 699 g/mol. The summed E-state index contributed by atoms with van der Waals surface area (Å²) in [6, 6.07) is 8.53. The van der Waals surface area contributed by atoms with Gasteiger partial charge in [-0.15, -0.1) is 5.10 Å². The number of anilines is 2. The lowest BCUT2D eigenvalue weighted by Crippen LogP contribution is -2.44. The molecule has 3 aliphatic rings. The number of nitriles is 1. The summed E-state index contributed by atoms with van der Waals surface area (Å²) in [5, 5.41) is 27.8. The van der Waals surface area contributed by atoms with Gasteiger partial charge in [0.05, 0.1) is 50.5 Å². The summed E-state index contributed by atoms with van der Waals surface area (Å²) in [4.78, 5) is 15.7. The van der Waals surface area contributed by atoms with Crippen LogP contribution in [0.3, 0.4) is 0 Å². The minimum Gasteiger partial charge on any atom is -0.487 e. The molecule has 0 amide bonds. The molecule has 0 spiro atoms. The van der Waals surface area contributed by atoms with E-state index < -0.39 is 0 Å². The van der Waals surface area contributed by atoms with E-state index in [9.17, 15) is 5.26 Å². The number of fused-ring (bicyclic) bond motifs is 3. The van der Waals surface area contributed by atoms with E-state index in [1.807, 2.05) is 32.2 Å². The van der Waals surface area contributed by atoms with E-state index in [4.69, 9.17) is 29.5 Å². The van der Waals surface area contributed by atoms with Crippen LogP contribution in [0.5, 0.6) is 11.6 Å². The van der Waals surface area contributed by atoms with Crippen LogP contribution in [-0.4, -0.2) is 102 Å². The fraction of sp³-hybridized carbons (Fsp3) is 0.568. The molecule has 272 valence electrons. The molecular formula is C37H50N10O4. The summed E-state index contributed by atoms with van der Waals surface area (Å²) >= 11 is 0. The summed E-state index contributed by atoms with van der Waals surface area (Å²) in [6.07, 6.45) is 14.7. The molecule has 2 saturated heterocycles. The molecule has 3 aromatic rings. The Morgan fingerprint density at radius 1 is 1.06 bits per heavy atom. The largest absolute Gasteiger partial charge is 0.487 e. The first-order valence-electron chi connectivity index (χ1n) is 18.2. The SMILES string of the molecule is CCOCCOc1nn([C@H]2CC[C@H](N3CC4CCC(COC4)C3)CC2)cc1Nc1ncc(-c2ccc(C#N)c(O[C@@H](C)CN/C=N\C=N)c2)cn1. The van der Waals surface area contributed by atoms with Crippen LogP contribution in [0.25, 0.3) is 11.1 Å². The Morgan fingerprint density at radius 2 is 1.80 bits per heavy atom. The topological polar surface area (TPSA) is 168 Å². The van der Waals surface area contributed by atoms with Gasteiger partial charge in [-0.1, -0.05) is 6.07 Å². The number of aliphatic imine (C=N–C) groups is 1. The Balaban J connectivity index is 1.11. The summed E-state index contributed by atoms with van der Waals surface area (Å²) in [5.41, 5.74) is 2.74. The predicted octanol–water partition coefficient (Wildman–Crippen LogP) is 5.21.